The largest absolute Gasteiger partial charge is 0.243 e. The summed E-state index contributed by atoms with van der Waals surface area (Å²) in [5, 5.41) is 4.42. The van der Waals surface area contributed by atoms with E-state index in [0.29, 0.717) is 16.6 Å². The van der Waals surface area contributed by atoms with Crippen molar-refractivity contribution in [1.82, 2.24) is 4.31 Å². The highest BCUT2D eigenvalue weighted by Gasteiger charge is 2.22. The van der Waals surface area contributed by atoms with Gasteiger partial charge in [0.05, 0.1) is 4.90 Å². The Morgan fingerprint density at radius 1 is 1.21 bits per heavy atom. The summed E-state index contributed by atoms with van der Waals surface area (Å²) in [6.45, 7) is 0.315. The minimum absolute atomic E-state index is 0.0997. The van der Waals surface area contributed by atoms with Gasteiger partial charge >= 0.3 is 0 Å². The van der Waals surface area contributed by atoms with Crippen LogP contribution in [0.15, 0.2) is 39.9 Å². The molecule has 0 N–H and O–H groups in total. The monoisotopic (exact) mass is 335 g/mol. The molecule has 0 saturated heterocycles. The Kier molecular flexibility index (Phi) is 4.53. The van der Waals surface area contributed by atoms with Crippen LogP contribution in [0.2, 0.25) is 10.0 Å². The second-order valence-corrected chi connectivity index (χ2v) is 7.70. The molecular formula is C12H11Cl2NO2S2. The van der Waals surface area contributed by atoms with Gasteiger partial charge in [-0.25, -0.2) is 8.42 Å². The van der Waals surface area contributed by atoms with Gasteiger partial charge in [-0.1, -0.05) is 23.2 Å². The van der Waals surface area contributed by atoms with Crippen LogP contribution in [-0.2, 0) is 16.6 Å². The first-order valence-electron chi connectivity index (χ1n) is 5.33. The molecular weight excluding hydrogens is 325 g/mol. The Hall–Kier alpha value is -0.590. The van der Waals surface area contributed by atoms with Crippen LogP contribution in [0.3, 0.4) is 0 Å². The molecule has 0 amide bonds. The summed E-state index contributed by atoms with van der Waals surface area (Å²) in [6.07, 6.45) is 0. The Balaban J connectivity index is 2.31. The molecule has 102 valence electrons. The summed E-state index contributed by atoms with van der Waals surface area (Å²) in [4.78, 5) is 0.0997. The smallest absolute Gasteiger partial charge is 0.207 e. The predicted octanol–water partition coefficient (Wildman–Crippen LogP) is 3.88. The minimum atomic E-state index is -3.59. The summed E-state index contributed by atoms with van der Waals surface area (Å²) in [7, 11) is -2.06. The van der Waals surface area contributed by atoms with Crippen LogP contribution in [0, 0.1) is 0 Å². The van der Waals surface area contributed by atoms with Crippen molar-refractivity contribution in [1.29, 1.82) is 0 Å². The molecule has 1 aromatic heterocycles. The van der Waals surface area contributed by atoms with E-state index in [-0.39, 0.29) is 4.90 Å². The molecule has 0 aliphatic carbocycles. The number of nitrogens with zero attached hydrogens (tertiary/aromatic N) is 1. The molecule has 0 radical (unpaired) electrons. The molecule has 0 saturated carbocycles. The first kappa shape index (κ1) is 14.8. The summed E-state index contributed by atoms with van der Waals surface area (Å²) < 4.78 is 26.0. The van der Waals surface area contributed by atoms with E-state index in [1.807, 2.05) is 16.8 Å². The van der Waals surface area contributed by atoms with E-state index in [2.05, 4.69) is 0 Å². The van der Waals surface area contributed by atoms with Crippen LogP contribution < -0.4 is 0 Å². The van der Waals surface area contributed by atoms with Crippen molar-refractivity contribution in [2.24, 2.45) is 0 Å². The first-order chi connectivity index (χ1) is 8.89. The minimum Gasteiger partial charge on any atom is -0.207 e. The van der Waals surface area contributed by atoms with E-state index in [4.69, 9.17) is 23.2 Å². The molecule has 0 aliphatic rings. The van der Waals surface area contributed by atoms with Crippen molar-refractivity contribution in [3.05, 3.63) is 50.6 Å². The molecule has 2 rings (SSSR count). The Labute approximate surface area is 126 Å². The molecule has 0 atom stereocenters. The highest BCUT2D eigenvalue weighted by atomic mass is 35.5. The standard InChI is InChI=1S/C12H11Cl2NO2S2/c1-15(7-9-2-3-18-8-9)19(16,17)12-5-10(13)4-11(14)6-12/h2-6,8H,7H2,1H3. The van der Waals surface area contributed by atoms with Gasteiger partial charge in [0.1, 0.15) is 0 Å². The molecule has 1 heterocycles. The zero-order valence-corrected chi connectivity index (χ0v) is 13.2. The third kappa shape index (κ3) is 3.49. The van der Waals surface area contributed by atoms with E-state index in [0.717, 1.165) is 5.56 Å². The molecule has 2 aromatic rings. The van der Waals surface area contributed by atoms with Crippen molar-refractivity contribution in [2.45, 2.75) is 11.4 Å². The fraction of sp³-hybridized carbons (Fsp3) is 0.167. The lowest BCUT2D eigenvalue weighted by molar-refractivity contribution is 0.467. The summed E-state index contributed by atoms with van der Waals surface area (Å²) in [5.41, 5.74) is 0.948. The van der Waals surface area contributed by atoms with Gasteiger partial charge in [-0.05, 0) is 40.6 Å². The van der Waals surface area contributed by atoms with Crippen LogP contribution in [0.25, 0.3) is 0 Å². The quantitative estimate of drug-likeness (QED) is 0.850. The van der Waals surface area contributed by atoms with Crippen molar-refractivity contribution in [3.8, 4) is 0 Å². The average molecular weight is 336 g/mol. The second-order valence-electron chi connectivity index (χ2n) is 4.00. The number of thiophene rings is 1. The van der Waals surface area contributed by atoms with E-state index in [9.17, 15) is 8.42 Å². The van der Waals surface area contributed by atoms with Gasteiger partial charge in [0, 0.05) is 23.6 Å². The number of hydrogen-bond donors (Lipinski definition) is 0. The van der Waals surface area contributed by atoms with Crippen LogP contribution in [0.1, 0.15) is 5.56 Å². The fourth-order valence-corrected chi connectivity index (χ4v) is 4.13. The zero-order valence-electron chi connectivity index (χ0n) is 10.0. The summed E-state index contributed by atoms with van der Waals surface area (Å²) in [6, 6.07) is 6.18. The molecule has 19 heavy (non-hydrogen) atoms. The molecule has 0 spiro atoms. The number of sulfonamides is 1. The van der Waals surface area contributed by atoms with Gasteiger partial charge in [-0.15, -0.1) is 0 Å². The Morgan fingerprint density at radius 3 is 2.37 bits per heavy atom. The van der Waals surface area contributed by atoms with Crippen LogP contribution in [-0.4, -0.2) is 19.8 Å². The fourth-order valence-electron chi connectivity index (χ4n) is 1.58. The molecule has 0 unspecified atom stereocenters. The van der Waals surface area contributed by atoms with Gasteiger partial charge in [0.2, 0.25) is 10.0 Å². The third-order valence-corrected chi connectivity index (χ3v) is 5.48. The molecule has 3 nitrogen and oxygen atoms in total. The lowest BCUT2D eigenvalue weighted by atomic mass is 10.3. The molecule has 0 bridgehead atoms. The van der Waals surface area contributed by atoms with Gasteiger partial charge < -0.3 is 0 Å². The van der Waals surface area contributed by atoms with Crippen LogP contribution >= 0.6 is 34.5 Å². The lowest BCUT2D eigenvalue weighted by Crippen LogP contribution is -2.26. The third-order valence-electron chi connectivity index (χ3n) is 2.53. The molecule has 7 heteroatoms. The van der Waals surface area contributed by atoms with E-state index in [1.54, 1.807) is 0 Å². The van der Waals surface area contributed by atoms with Gasteiger partial charge in [0.15, 0.2) is 0 Å². The number of rotatable bonds is 4. The van der Waals surface area contributed by atoms with Crippen LogP contribution in [0.5, 0.6) is 0 Å². The lowest BCUT2D eigenvalue weighted by Gasteiger charge is -2.17. The van der Waals surface area contributed by atoms with Crippen molar-refractivity contribution in [3.63, 3.8) is 0 Å². The Morgan fingerprint density at radius 2 is 1.84 bits per heavy atom. The van der Waals surface area contributed by atoms with Crippen LogP contribution in [0.4, 0.5) is 0 Å². The van der Waals surface area contributed by atoms with Crippen molar-refractivity contribution >= 4 is 44.6 Å². The van der Waals surface area contributed by atoms with Gasteiger partial charge in [0.25, 0.3) is 0 Å². The average Bonchev–Trinajstić information content (AvgIpc) is 2.80. The number of benzene rings is 1. The summed E-state index contributed by atoms with van der Waals surface area (Å²) in [5.74, 6) is 0. The van der Waals surface area contributed by atoms with E-state index < -0.39 is 10.0 Å². The van der Waals surface area contributed by atoms with Gasteiger partial charge in [-0.3, -0.25) is 0 Å². The topological polar surface area (TPSA) is 37.4 Å². The molecule has 1 aromatic carbocycles. The summed E-state index contributed by atoms with van der Waals surface area (Å²) >= 11 is 13.2. The normalized spacial score (nSPS) is 12.0. The highest BCUT2D eigenvalue weighted by molar-refractivity contribution is 7.89. The van der Waals surface area contributed by atoms with E-state index >= 15 is 0 Å². The second kappa shape index (κ2) is 5.81. The maximum Gasteiger partial charge on any atom is 0.243 e. The maximum absolute atomic E-state index is 12.4. The number of hydrogen-bond acceptors (Lipinski definition) is 3. The maximum atomic E-state index is 12.4. The highest BCUT2D eigenvalue weighted by Crippen LogP contribution is 2.25. The van der Waals surface area contributed by atoms with Crippen molar-refractivity contribution in [2.75, 3.05) is 7.05 Å². The van der Waals surface area contributed by atoms with E-state index in [1.165, 1.54) is 40.9 Å². The Bertz CT molecular complexity index is 649. The number of halogens is 2. The zero-order chi connectivity index (χ0) is 14.0. The SMILES string of the molecule is CN(Cc1ccsc1)S(=O)(=O)c1cc(Cl)cc(Cl)c1. The molecule has 0 aliphatic heterocycles. The van der Waals surface area contributed by atoms with Crippen molar-refractivity contribution < 1.29 is 8.42 Å². The van der Waals surface area contributed by atoms with Gasteiger partial charge in [-0.2, -0.15) is 15.6 Å². The first-order valence-corrected chi connectivity index (χ1v) is 8.47. The predicted molar refractivity (Wildman–Crippen MR) is 79.4 cm³/mol. The molecule has 0 fully saturated rings.